The molecule has 4 nitrogen and oxygen atoms in total. The molecule has 2 aromatic heterocycles. The molecule has 130 valence electrons. The number of aromatic amines is 1. The molecule has 26 heavy (non-hydrogen) atoms. The molecule has 0 aliphatic rings. The van der Waals surface area contributed by atoms with Crippen molar-refractivity contribution < 1.29 is 0 Å². The molecule has 0 saturated carbocycles. The fraction of sp³-hybridized carbons (Fsp3) is 0.150. The number of benzene rings is 2. The lowest BCUT2D eigenvalue weighted by atomic mass is 10.2. The van der Waals surface area contributed by atoms with E-state index < -0.39 is 0 Å². The van der Waals surface area contributed by atoms with E-state index in [9.17, 15) is 0 Å². The maximum atomic E-state index is 5.40. The van der Waals surface area contributed by atoms with Crippen molar-refractivity contribution in [1.29, 1.82) is 0 Å². The van der Waals surface area contributed by atoms with E-state index in [1.54, 1.807) is 11.8 Å². The standard InChI is InChI=1S/C20H18N4S2/c1-13-11-14(2)24(23-13)16-9-7-15(8-10-16)12-26-20-21-18-6-4-3-5-17(18)19(25)22-20/h3-11H,12H2,1-2H3,(H,21,22,25). The molecule has 0 fully saturated rings. The number of nitrogens with zero attached hydrogens (tertiary/aromatic N) is 3. The van der Waals surface area contributed by atoms with Gasteiger partial charge in [0.1, 0.15) is 4.64 Å². The van der Waals surface area contributed by atoms with Gasteiger partial charge in [-0.2, -0.15) is 5.10 Å². The summed E-state index contributed by atoms with van der Waals surface area (Å²) in [6.07, 6.45) is 0. The summed E-state index contributed by atoms with van der Waals surface area (Å²) < 4.78 is 2.61. The van der Waals surface area contributed by atoms with E-state index in [2.05, 4.69) is 52.3 Å². The van der Waals surface area contributed by atoms with Crippen molar-refractivity contribution in [2.45, 2.75) is 24.8 Å². The molecule has 0 aliphatic carbocycles. The van der Waals surface area contributed by atoms with Crippen LogP contribution in [0.25, 0.3) is 16.6 Å². The number of thioether (sulfide) groups is 1. The minimum absolute atomic E-state index is 0.640. The minimum Gasteiger partial charge on any atom is -0.334 e. The summed E-state index contributed by atoms with van der Waals surface area (Å²) in [6, 6.07) is 18.6. The van der Waals surface area contributed by atoms with E-state index in [0.717, 1.165) is 38.9 Å². The molecule has 2 heterocycles. The highest BCUT2D eigenvalue weighted by Gasteiger charge is 2.05. The Morgan fingerprint density at radius 1 is 1.08 bits per heavy atom. The van der Waals surface area contributed by atoms with Gasteiger partial charge in [-0.1, -0.05) is 48.2 Å². The highest BCUT2D eigenvalue weighted by Crippen LogP contribution is 2.23. The van der Waals surface area contributed by atoms with E-state index in [-0.39, 0.29) is 0 Å². The average Bonchev–Trinajstić information content (AvgIpc) is 2.99. The van der Waals surface area contributed by atoms with Crippen molar-refractivity contribution in [2.75, 3.05) is 0 Å². The first-order valence-corrected chi connectivity index (χ1v) is 9.74. The minimum atomic E-state index is 0.640. The van der Waals surface area contributed by atoms with Crippen LogP contribution in [0.15, 0.2) is 59.8 Å². The number of nitrogens with one attached hydrogen (secondary N) is 1. The van der Waals surface area contributed by atoms with Crippen molar-refractivity contribution in [2.24, 2.45) is 0 Å². The first-order valence-electron chi connectivity index (χ1n) is 8.34. The highest BCUT2D eigenvalue weighted by molar-refractivity contribution is 7.98. The zero-order chi connectivity index (χ0) is 18.1. The first kappa shape index (κ1) is 17.0. The summed E-state index contributed by atoms with van der Waals surface area (Å²) in [6.45, 7) is 4.08. The Morgan fingerprint density at radius 2 is 1.85 bits per heavy atom. The number of rotatable bonds is 4. The highest BCUT2D eigenvalue weighted by atomic mass is 32.2. The number of aromatic nitrogens is 4. The van der Waals surface area contributed by atoms with Gasteiger partial charge in [0.05, 0.1) is 16.9 Å². The maximum absolute atomic E-state index is 5.40. The Balaban J connectivity index is 1.52. The van der Waals surface area contributed by atoms with Gasteiger partial charge >= 0.3 is 0 Å². The Labute approximate surface area is 161 Å². The molecule has 0 unspecified atom stereocenters. The van der Waals surface area contributed by atoms with Gasteiger partial charge in [-0.05, 0) is 49.7 Å². The van der Waals surface area contributed by atoms with Gasteiger partial charge in [-0.25, -0.2) is 9.67 Å². The third kappa shape index (κ3) is 3.43. The number of hydrogen-bond acceptors (Lipinski definition) is 4. The van der Waals surface area contributed by atoms with Gasteiger partial charge in [0.2, 0.25) is 0 Å². The summed E-state index contributed by atoms with van der Waals surface area (Å²) in [4.78, 5) is 7.86. The summed E-state index contributed by atoms with van der Waals surface area (Å²) >= 11 is 7.06. The number of aryl methyl sites for hydroxylation is 2. The second-order valence-corrected chi connectivity index (χ2v) is 7.54. The van der Waals surface area contributed by atoms with Gasteiger partial charge < -0.3 is 4.98 Å². The van der Waals surface area contributed by atoms with Gasteiger partial charge in [-0.3, -0.25) is 0 Å². The van der Waals surface area contributed by atoms with Crippen molar-refractivity contribution in [3.8, 4) is 5.69 Å². The lowest BCUT2D eigenvalue weighted by Crippen LogP contribution is -1.99. The van der Waals surface area contributed by atoms with E-state index in [0.29, 0.717) is 4.64 Å². The second-order valence-electron chi connectivity index (χ2n) is 6.19. The third-order valence-electron chi connectivity index (χ3n) is 4.17. The molecule has 4 rings (SSSR count). The van der Waals surface area contributed by atoms with Crippen LogP contribution in [-0.2, 0) is 5.75 Å². The molecule has 0 aliphatic heterocycles. The predicted molar refractivity (Wildman–Crippen MR) is 110 cm³/mol. The van der Waals surface area contributed by atoms with Gasteiger partial charge in [-0.15, -0.1) is 0 Å². The number of hydrogen-bond donors (Lipinski definition) is 1. The summed E-state index contributed by atoms with van der Waals surface area (Å²) in [7, 11) is 0. The SMILES string of the molecule is Cc1cc(C)n(-c2ccc(CSc3nc(=S)c4ccccc4[nH]3)cc2)n1. The monoisotopic (exact) mass is 378 g/mol. The van der Waals surface area contributed by atoms with Crippen molar-refractivity contribution >= 4 is 34.9 Å². The number of H-pyrrole nitrogens is 1. The Morgan fingerprint density at radius 3 is 2.58 bits per heavy atom. The summed E-state index contributed by atoms with van der Waals surface area (Å²) in [5.74, 6) is 0.827. The van der Waals surface area contributed by atoms with Crippen LogP contribution in [0, 0.1) is 18.5 Å². The summed E-state index contributed by atoms with van der Waals surface area (Å²) in [5.41, 5.74) is 5.49. The van der Waals surface area contributed by atoms with Crippen LogP contribution in [-0.4, -0.2) is 19.7 Å². The third-order valence-corrected chi connectivity index (χ3v) is 5.42. The normalized spacial score (nSPS) is 11.2. The molecule has 2 aromatic carbocycles. The fourth-order valence-electron chi connectivity index (χ4n) is 2.92. The van der Waals surface area contributed by atoms with Crippen LogP contribution < -0.4 is 0 Å². The molecule has 0 radical (unpaired) electrons. The van der Waals surface area contributed by atoms with Crippen molar-refractivity contribution in [3.63, 3.8) is 0 Å². The zero-order valence-corrected chi connectivity index (χ0v) is 16.2. The second kappa shape index (κ2) is 7.05. The van der Waals surface area contributed by atoms with Crippen LogP contribution in [0.4, 0.5) is 0 Å². The van der Waals surface area contributed by atoms with Crippen LogP contribution >= 0.6 is 24.0 Å². The Bertz CT molecular complexity index is 1130. The molecular formula is C20H18N4S2. The average molecular weight is 379 g/mol. The van der Waals surface area contributed by atoms with Crippen LogP contribution in [0.5, 0.6) is 0 Å². The van der Waals surface area contributed by atoms with Crippen LogP contribution in [0.3, 0.4) is 0 Å². The van der Waals surface area contributed by atoms with Crippen LogP contribution in [0.1, 0.15) is 17.0 Å². The molecule has 0 amide bonds. The van der Waals surface area contributed by atoms with Crippen molar-refractivity contribution in [1.82, 2.24) is 19.7 Å². The molecule has 4 aromatic rings. The Hall–Kier alpha value is -2.44. The molecule has 1 N–H and O–H groups in total. The largest absolute Gasteiger partial charge is 0.334 e. The fourth-order valence-corrected chi connectivity index (χ4v) is 4.08. The zero-order valence-electron chi connectivity index (χ0n) is 14.6. The summed E-state index contributed by atoms with van der Waals surface area (Å²) in [5, 5.41) is 6.36. The van der Waals surface area contributed by atoms with E-state index in [4.69, 9.17) is 12.2 Å². The lowest BCUT2D eigenvalue weighted by molar-refractivity contribution is 0.833. The predicted octanol–water partition coefficient (Wildman–Crippen LogP) is 5.39. The molecule has 0 bridgehead atoms. The molecule has 6 heteroatoms. The first-order chi connectivity index (χ1) is 12.6. The van der Waals surface area contributed by atoms with E-state index in [1.165, 1.54) is 5.56 Å². The Kier molecular flexibility index (Phi) is 4.61. The topological polar surface area (TPSA) is 46.5 Å². The van der Waals surface area contributed by atoms with Gasteiger partial charge in [0.25, 0.3) is 0 Å². The smallest absolute Gasteiger partial charge is 0.167 e. The van der Waals surface area contributed by atoms with Gasteiger partial charge in [0, 0.05) is 16.8 Å². The number of fused-ring (bicyclic) bond motifs is 1. The van der Waals surface area contributed by atoms with Gasteiger partial charge in [0.15, 0.2) is 5.16 Å². The van der Waals surface area contributed by atoms with Crippen molar-refractivity contribution in [3.05, 3.63) is 76.2 Å². The lowest BCUT2D eigenvalue weighted by Gasteiger charge is -2.07. The molecule has 0 spiro atoms. The molecular weight excluding hydrogens is 360 g/mol. The number of para-hydroxylation sites is 1. The molecule has 0 saturated heterocycles. The van der Waals surface area contributed by atoms with E-state index >= 15 is 0 Å². The quantitative estimate of drug-likeness (QED) is 0.294. The van der Waals surface area contributed by atoms with Crippen LogP contribution in [0.2, 0.25) is 0 Å². The van der Waals surface area contributed by atoms with E-state index in [1.807, 2.05) is 35.9 Å². The maximum Gasteiger partial charge on any atom is 0.167 e. The molecule has 0 atom stereocenters.